The molecule has 0 saturated carbocycles. The monoisotopic (exact) mass is 187 g/mol. The van der Waals surface area contributed by atoms with Gasteiger partial charge in [-0.25, -0.2) is 0 Å². The van der Waals surface area contributed by atoms with Gasteiger partial charge in [-0.1, -0.05) is 17.7 Å². The van der Waals surface area contributed by atoms with Gasteiger partial charge in [0.15, 0.2) is 5.06 Å². The summed E-state index contributed by atoms with van der Waals surface area (Å²) in [4.78, 5) is 3.78. The topological polar surface area (TPSA) is 53.4 Å². The lowest BCUT2D eigenvalue weighted by Crippen LogP contribution is -2.31. The van der Waals surface area contributed by atoms with Crippen molar-refractivity contribution in [2.45, 2.75) is 18.1 Å². The maximum absolute atomic E-state index is 9.54. The van der Waals surface area contributed by atoms with Crippen LogP contribution in [-0.2, 0) is 5.06 Å². The summed E-state index contributed by atoms with van der Waals surface area (Å²) in [5.74, 6) is 0. The van der Waals surface area contributed by atoms with E-state index in [2.05, 4.69) is 4.98 Å². The number of pyridine rings is 1. The Hall–Kier alpha value is -0.640. The van der Waals surface area contributed by atoms with E-state index >= 15 is 0 Å². The number of halogens is 1. The van der Waals surface area contributed by atoms with E-state index in [-0.39, 0.29) is 0 Å². The average Bonchev–Trinajstić information content (AvgIpc) is 2.06. The zero-order valence-corrected chi connectivity index (χ0v) is 7.36. The van der Waals surface area contributed by atoms with E-state index in [0.29, 0.717) is 5.56 Å². The molecule has 0 fully saturated rings. The van der Waals surface area contributed by atoms with Crippen LogP contribution in [0.3, 0.4) is 0 Å². The fourth-order valence-corrected chi connectivity index (χ4v) is 0.923. The summed E-state index contributed by atoms with van der Waals surface area (Å²) < 4.78 is 0. The lowest BCUT2D eigenvalue weighted by Gasteiger charge is -2.23. The minimum absolute atomic E-state index is 0.390. The average molecular weight is 188 g/mol. The fraction of sp³-hybridized carbons (Fsp3) is 0.375. The van der Waals surface area contributed by atoms with Crippen molar-refractivity contribution in [3.8, 4) is 0 Å². The molecular formula is C8H10ClNO2. The second-order valence-electron chi connectivity index (χ2n) is 2.59. The Bertz CT molecular complexity index is 248. The van der Waals surface area contributed by atoms with Crippen LogP contribution in [-0.4, -0.2) is 21.3 Å². The first-order valence-electron chi connectivity index (χ1n) is 3.55. The number of hydrogen-bond acceptors (Lipinski definition) is 3. The molecule has 0 spiro atoms. The summed E-state index contributed by atoms with van der Waals surface area (Å²) in [5.41, 5.74) is 0.390. The molecular weight excluding hydrogens is 178 g/mol. The second kappa shape index (κ2) is 3.39. The van der Waals surface area contributed by atoms with Crippen LogP contribution in [0.5, 0.6) is 0 Å². The number of hydrogen-bond donors (Lipinski definition) is 2. The molecule has 0 saturated heterocycles. The normalized spacial score (nSPS) is 18.3. The van der Waals surface area contributed by atoms with Crippen molar-refractivity contribution in [2.75, 3.05) is 0 Å². The van der Waals surface area contributed by atoms with Crippen LogP contribution in [0.15, 0.2) is 24.5 Å². The zero-order chi connectivity index (χ0) is 9.19. The molecule has 0 radical (unpaired) electrons. The van der Waals surface area contributed by atoms with Gasteiger partial charge in [-0.15, -0.1) is 0 Å². The molecule has 0 bridgehead atoms. The van der Waals surface area contributed by atoms with Crippen molar-refractivity contribution in [3.05, 3.63) is 30.1 Å². The number of aromatic nitrogens is 1. The minimum Gasteiger partial charge on any atom is -0.389 e. The van der Waals surface area contributed by atoms with Crippen LogP contribution in [0.2, 0.25) is 0 Å². The summed E-state index contributed by atoms with van der Waals surface area (Å²) in [6.07, 6.45) is 1.95. The van der Waals surface area contributed by atoms with E-state index in [1.165, 1.54) is 13.1 Å². The van der Waals surface area contributed by atoms with Gasteiger partial charge in [-0.2, -0.15) is 0 Å². The molecule has 2 atom stereocenters. The molecule has 0 aliphatic heterocycles. The molecule has 12 heavy (non-hydrogen) atoms. The second-order valence-corrected chi connectivity index (χ2v) is 3.17. The quantitative estimate of drug-likeness (QED) is 0.675. The zero-order valence-electron chi connectivity index (χ0n) is 6.61. The Balaban J connectivity index is 2.98. The van der Waals surface area contributed by atoms with Crippen molar-refractivity contribution >= 4 is 11.6 Å². The first-order chi connectivity index (χ1) is 5.55. The maximum Gasteiger partial charge on any atom is 0.191 e. The SMILES string of the molecule is CC(O)C(O)(Cl)c1cccnc1. The van der Waals surface area contributed by atoms with E-state index in [4.69, 9.17) is 16.7 Å². The minimum atomic E-state index is -1.74. The van der Waals surface area contributed by atoms with E-state index in [0.717, 1.165) is 0 Å². The van der Waals surface area contributed by atoms with Crippen LogP contribution >= 0.6 is 11.6 Å². The Labute approximate surface area is 75.6 Å². The smallest absolute Gasteiger partial charge is 0.191 e. The highest BCUT2D eigenvalue weighted by atomic mass is 35.5. The van der Waals surface area contributed by atoms with Gasteiger partial charge in [0.25, 0.3) is 0 Å². The van der Waals surface area contributed by atoms with Gasteiger partial charge in [0.2, 0.25) is 0 Å². The highest BCUT2D eigenvalue weighted by molar-refractivity contribution is 6.23. The third-order valence-electron chi connectivity index (χ3n) is 1.62. The summed E-state index contributed by atoms with van der Waals surface area (Å²) in [6, 6.07) is 3.25. The molecule has 0 aromatic carbocycles. The standard InChI is InChI=1S/C8H10ClNO2/c1-6(11)8(9,12)7-3-2-4-10-5-7/h2-6,11-12H,1H3. The van der Waals surface area contributed by atoms with Crippen molar-refractivity contribution in [3.63, 3.8) is 0 Å². The van der Waals surface area contributed by atoms with Gasteiger partial charge in [-0.05, 0) is 13.0 Å². The predicted octanol–water partition coefficient (Wildman–Crippen LogP) is 0.846. The molecule has 1 heterocycles. The first-order valence-corrected chi connectivity index (χ1v) is 3.93. The summed E-state index contributed by atoms with van der Waals surface area (Å²) in [7, 11) is 0. The summed E-state index contributed by atoms with van der Waals surface area (Å²) >= 11 is 5.66. The molecule has 3 nitrogen and oxygen atoms in total. The van der Waals surface area contributed by atoms with Gasteiger partial charge in [0.1, 0.15) is 0 Å². The van der Waals surface area contributed by atoms with Crippen molar-refractivity contribution in [2.24, 2.45) is 0 Å². The lowest BCUT2D eigenvalue weighted by atomic mass is 10.1. The molecule has 4 heteroatoms. The summed E-state index contributed by atoms with van der Waals surface area (Å²) in [6.45, 7) is 1.42. The maximum atomic E-state index is 9.54. The molecule has 0 aliphatic rings. The van der Waals surface area contributed by atoms with Gasteiger partial charge >= 0.3 is 0 Å². The number of alkyl halides is 1. The van der Waals surface area contributed by atoms with Crippen molar-refractivity contribution in [1.82, 2.24) is 4.98 Å². The van der Waals surface area contributed by atoms with Crippen molar-refractivity contribution < 1.29 is 10.2 Å². The molecule has 1 aromatic heterocycles. The van der Waals surface area contributed by atoms with Crippen LogP contribution < -0.4 is 0 Å². The molecule has 2 N–H and O–H groups in total. The summed E-state index contributed by atoms with van der Waals surface area (Å²) in [5, 5.41) is 16.9. The predicted molar refractivity (Wildman–Crippen MR) is 45.7 cm³/mol. The molecule has 66 valence electrons. The van der Waals surface area contributed by atoms with Crippen LogP contribution in [0.4, 0.5) is 0 Å². The van der Waals surface area contributed by atoms with Crippen LogP contribution in [0, 0.1) is 0 Å². The van der Waals surface area contributed by atoms with E-state index in [1.807, 2.05) is 0 Å². The number of aliphatic hydroxyl groups is 2. The largest absolute Gasteiger partial charge is 0.389 e. The Morgan fingerprint density at radius 1 is 1.67 bits per heavy atom. The Kier molecular flexibility index (Phi) is 2.67. The Morgan fingerprint density at radius 3 is 2.75 bits per heavy atom. The third kappa shape index (κ3) is 1.75. The van der Waals surface area contributed by atoms with Gasteiger partial charge in [0, 0.05) is 18.0 Å². The number of aliphatic hydroxyl groups excluding tert-OH is 1. The van der Waals surface area contributed by atoms with Gasteiger partial charge in [0.05, 0.1) is 6.10 Å². The van der Waals surface area contributed by atoms with Gasteiger partial charge < -0.3 is 10.2 Å². The highest BCUT2D eigenvalue weighted by Gasteiger charge is 2.32. The van der Waals surface area contributed by atoms with E-state index < -0.39 is 11.2 Å². The number of nitrogens with zero attached hydrogens (tertiary/aromatic N) is 1. The fourth-order valence-electron chi connectivity index (χ4n) is 0.811. The van der Waals surface area contributed by atoms with E-state index in [1.54, 1.807) is 18.3 Å². The Morgan fingerprint density at radius 2 is 2.33 bits per heavy atom. The number of rotatable bonds is 2. The molecule has 1 aromatic rings. The molecule has 1 rings (SSSR count). The highest BCUT2D eigenvalue weighted by Crippen LogP contribution is 2.28. The molecule has 0 amide bonds. The van der Waals surface area contributed by atoms with Crippen LogP contribution in [0.1, 0.15) is 12.5 Å². The third-order valence-corrected chi connectivity index (χ3v) is 2.15. The molecule has 0 aliphatic carbocycles. The lowest BCUT2D eigenvalue weighted by molar-refractivity contribution is -0.00551. The van der Waals surface area contributed by atoms with Gasteiger partial charge in [-0.3, -0.25) is 4.98 Å². The van der Waals surface area contributed by atoms with E-state index in [9.17, 15) is 5.11 Å². The van der Waals surface area contributed by atoms with Crippen molar-refractivity contribution in [1.29, 1.82) is 0 Å². The molecule has 2 unspecified atom stereocenters. The first kappa shape index (κ1) is 9.45. The van der Waals surface area contributed by atoms with Crippen LogP contribution in [0.25, 0.3) is 0 Å².